The van der Waals surface area contributed by atoms with Gasteiger partial charge in [-0.05, 0) is 42.3 Å². The first-order valence-electron chi connectivity index (χ1n) is 7.64. The van der Waals surface area contributed by atoms with Crippen LogP contribution in [0.1, 0.15) is 39.6 Å². The number of hydrogen-bond acceptors (Lipinski definition) is 4. The Morgan fingerprint density at radius 3 is 2.25 bits per heavy atom. The van der Waals surface area contributed by atoms with Crippen molar-refractivity contribution in [2.75, 3.05) is 6.61 Å². The number of ketones is 1. The molecule has 2 rings (SSSR count). The molecule has 2 aromatic carbocycles. The molecule has 1 amide bonds. The van der Waals surface area contributed by atoms with Crippen LogP contribution in [0.3, 0.4) is 0 Å². The largest absolute Gasteiger partial charge is 0.494 e. The molecule has 0 spiro atoms. The van der Waals surface area contributed by atoms with E-state index >= 15 is 0 Å². The maximum atomic E-state index is 12.1. The molecule has 0 saturated carbocycles. The Balaban J connectivity index is 2.00. The highest BCUT2D eigenvalue weighted by Crippen LogP contribution is 2.14. The molecule has 0 radical (unpaired) electrons. The van der Waals surface area contributed by atoms with E-state index in [1.54, 1.807) is 23.7 Å². The molecule has 0 atom stereocenters. The zero-order chi connectivity index (χ0) is 17.4. The van der Waals surface area contributed by atoms with Gasteiger partial charge in [-0.15, -0.1) is 0 Å². The van der Waals surface area contributed by atoms with Crippen LogP contribution in [0.25, 0.3) is 6.08 Å². The van der Waals surface area contributed by atoms with Crippen molar-refractivity contribution in [1.29, 1.82) is 0 Å². The van der Waals surface area contributed by atoms with Gasteiger partial charge in [-0.1, -0.05) is 37.3 Å². The molecule has 2 aromatic rings. The number of allylic oxidation sites excluding steroid dienone is 1. The first kappa shape index (κ1) is 17.4. The molecule has 0 aromatic heterocycles. The summed E-state index contributed by atoms with van der Waals surface area (Å²) in [5.41, 5.74) is 3.18. The second-order valence-electron chi connectivity index (χ2n) is 5.13. The maximum absolute atomic E-state index is 12.1. The van der Waals surface area contributed by atoms with Gasteiger partial charge in [0.2, 0.25) is 0 Å². The number of carbonyl (C=O) groups is 2. The van der Waals surface area contributed by atoms with Gasteiger partial charge in [0.15, 0.2) is 5.78 Å². The van der Waals surface area contributed by atoms with Crippen LogP contribution < -0.4 is 10.2 Å². The van der Waals surface area contributed by atoms with E-state index in [9.17, 15) is 9.59 Å². The Hall–Kier alpha value is -2.92. The minimum absolute atomic E-state index is 0.169. The minimum Gasteiger partial charge on any atom is -0.494 e. The summed E-state index contributed by atoms with van der Waals surface area (Å²) >= 11 is 0. The van der Waals surface area contributed by atoms with Gasteiger partial charge in [0, 0.05) is 11.1 Å². The summed E-state index contributed by atoms with van der Waals surface area (Å²) in [4.78, 5) is 23.3. The number of benzene rings is 2. The molecule has 0 unspecified atom stereocenters. The van der Waals surface area contributed by atoms with Crippen LogP contribution in [-0.2, 0) is 0 Å². The summed E-state index contributed by atoms with van der Waals surface area (Å²) in [5.74, 6) is 0.0188. The van der Waals surface area contributed by atoms with E-state index in [0.29, 0.717) is 12.2 Å². The summed E-state index contributed by atoms with van der Waals surface area (Å²) in [6.45, 7) is 2.73. The van der Waals surface area contributed by atoms with Crippen molar-refractivity contribution in [3.8, 4) is 5.75 Å². The molecular weight excluding hydrogens is 306 g/mol. The monoisotopic (exact) mass is 325 g/mol. The van der Waals surface area contributed by atoms with E-state index in [1.165, 1.54) is 18.2 Å². The van der Waals surface area contributed by atoms with Crippen molar-refractivity contribution in [3.05, 3.63) is 71.3 Å². The third-order valence-corrected chi connectivity index (χ3v) is 3.31. The SMILES string of the molecule is CCCOc1ccc(C=CC(=O)c2ccc(C(=O)NO)cc2)cc1. The third kappa shape index (κ3) is 4.79. The Kier molecular flexibility index (Phi) is 6.28. The molecule has 5 heteroatoms. The smallest absolute Gasteiger partial charge is 0.274 e. The number of amides is 1. The molecule has 0 saturated heterocycles. The summed E-state index contributed by atoms with van der Waals surface area (Å²) in [7, 11) is 0. The Morgan fingerprint density at radius 2 is 1.67 bits per heavy atom. The molecule has 2 N–H and O–H groups in total. The lowest BCUT2D eigenvalue weighted by Crippen LogP contribution is -2.18. The highest BCUT2D eigenvalue weighted by atomic mass is 16.5. The van der Waals surface area contributed by atoms with Crippen molar-refractivity contribution in [2.45, 2.75) is 13.3 Å². The normalized spacial score (nSPS) is 10.6. The lowest BCUT2D eigenvalue weighted by atomic mass is 10.1. The van der Waals surface area contributed by atoms with Crippen LogP contribution in [0.4, 0.5) is 0 Å². The molecular formula is C19H19NO4. The van der Waals surface area contributed by atoms with E-state index in [-0.39, 0.29) is 11.3 Å². The quantitative estimate of drug-likeness (QED) is 0.354. The third-order valence-electron chi connectivity index (χ3n) is 3.31. The predicted molar refractivity (Wildman–Crippen MR) is 91.3 cm³/mol. The molecule has 0 fully saturated rings. The number of carbonyl (C=O) groups excluding carboxylic acids is 2. The van der Waals surface area contributed by atoms with E-state index in [4.69, 9.17) is 9.94 Å². The van der Waals surface area contributed by atoms with Crippen molar-refractivity contribution in [1.82, 2.24) is 5.48 Å². The number of ether oxygens (including phenoxy) is 1. The van der Waals surface area contributed by atoms with Crippen LogP contribution in [-0.4, -0.2) is 23.5 Å². The second-order valence-corrected chi connectivity index (χ2v) is 5.13. The Labute approximate surface area is 140 Å². The van der Waals surface area contributed by atoms with Crippen molar-refractivity contribution in [2.24, 2.45) is 0 Å². The first-order valence-corrected chi connectivity index (χ1v) is 7.64. The first-order chi connectivity index (χ1) is 11.6. The number of nitrogens with one attached hydrogen (secondary N) is 1. The number of hydroxylamine groups is 1. The Bertz CT molecular complexity index is 718. The van der Waals surface area contributed by atoms with Gasteiger partial charge in [0.1, 0.15) is 5.75 Å². The zero-order valence-corrected chi connectivity index (χ0v) is 13.4. The van der Waals surface area contributed by atoms with Crippen LogP contribution in [0.5, 0.6) is 5.75 Å². The maximum Gasteiger partial charge on any atom is 0.274 e. The Morgan fingerprint density at radius 1 is 1.04 bits per heavy atom. The predicted octanol–water partition coefficient (Wildman–Crippen LogP) is 3.49. The summed E-state index contributed by atoms with van der Waals surface area (Å²) < 4.78 is 5.50. The van der Waals surface area contributed by atoms with E-state index in [1.807, 2.05) is 31.2 Å². The zero-order valence-electron chi connectivity index (χ0n) is 13.4. The van der Waals surface area contributed by atoms with Gasteiger partial charge in [-0.25, -0.2) is 5.48 Å². The second kappa shape index (κ2) is 8.64. The summed E-state index contributed by atoms with van der Waals surface area (Å²) in [6.07, 6.45) is 4.15. The van der Waals surface area contributed by atoms with Crippen molar-refractivity contribution >= 4 is 17.8 Å². The molecule has 124 valence electrons. The van der Waals surface area contributed by atoms with Crippen LogP contribution in [0, 0.1) is 0 Å². The van der Waals surface area contributed by atoms with Crippen molar-refractivity contribution < 1.29 is 19.5 Å². The van der Waals surface area contributed by atoms with Crippen LogP contribution >= 0.6 is 0 Å². The van der Waals surface area contributed by atoms with Crippen LogP contribution in [0.15, 0.2) is 54.6 Å². The lowest BCUT2D eigenvalue weighted by Gasteiger charge is -2.04. The lowest BCUT2D eigenvalue weighted by molar-refractivity contribution is 0.0706. The van der Waals surface area contributed by atoms with E-state index in [2.05, 4.69) is 0 Å². The van der Waals surface area contributed by atoms with Gasteiger partial charge in [-0.2, -0.15) is 0 Å². The minimum atomic E-state index is -0.616. The fourth-order valence-corrected chi connectivity index (χ4v) is 2.01. The standard InChI is InChI=1S/C19H19NO4/c1-2-13-24-17-10-3-14(4-11-17)5-12-18(21)15-6-8-16(9-7-15)19(22)20-23/h3-12,23H,2,13H2,1H3,(H,20,22). The molecule has 0 aliphatic carbocycles. The molecule has 0 heterocycles. The average Bonchev–Trinajstić information content (AvgIpc) is 2.64. The van der Waals surface area contributed by atoms with E-state index < -0.39 is 5.91 Å². The molecule has 0 aliphatic rings. The molecule has 0 bridgehead atoms. The highest BCUT2D eigenvalue weighted by Gasteiger charge is 2.06. The molecule has 5 nitrogen and oxygen atoms in total. The van der Waals surface area contributed by atoms with Crippen LogP contribution in [0.2, 0.25) is 0 Å². The highest BCUT2D eigenvalue weighted by molar-refractivity contribution is 6.07. The number of rotatable bonds is 7. The summed E-state index contributed by atoms with van der Waals surface area (Å²) in [5, 5.41) is 8.56. The van der Waals surface area contributed by atoms with Gasteiger partial charge < -0.3 is 4.74 Å². The average molecular weight is 325 g/mol. The summed E-state index contributed by atoms with van der Waals surface area (Å²) in [6, 6.07) is 13.5. The van der Waals surface area contributed by atoms with Gasteiger partial charge in [0.05, 0.1) is 6.61 Å². The number of hydrogen-bond donors (Lipinski definition) is 2. The van der Waals surface area contributed by atoms with E-state index in [0.717, 1.165) is 17.7 Å². The fraction of sp³-hybridized carbons (Fsp3) is 0.158. The van der Waals surface area contributed by atoms with Crippen molar-refractivity contribution in [3.63, 3.8) is 0 Å². The van der Waals surface area contributed by atoms with Gasteiger partial charge >= 0.3 is 0 Å². The topological polar surface area (TPSA) is 75.6 Å². The van der Waals surface area contributed by atoms with Gasteiger partial charge in [-0.3, -0.25) is 14.8 Å². The molecule has 0 aliphatic heterocycles. The van der Waals surface area contributed by atoms with Gasteiger partial charge in [0.25, 0.3) is 5.91 Å². The molecule has 24 heavy (non-hydrogen) atoms. The fourth-order valence-electron chi connectivity index (χ4n) is 2.01.